The van der Waals surface area contributed by atoms with Crippen LogP contribution in [-0.4, -0.2) is 43.9 Å². The van der Waals surface area contributed by atoms with Crippen LogP contribution in [0.25, 0.3) is 0 Å². The molecule has 0 atom stereocenters. The van der Waals surface area contributed by atoms with E-state index in [1.165, 1.54) is 33.0 Å². The van der Waals surface area contributed by atoms with Crippen molar-refractivity contribution in [3.05, 3.63) is 46.1 Å². The van der Waals surface area contributed by atoms with Crippen LogP contribution in [0.15, 0.2) is 27.6 Å². The lowest BCUT2D eigenvalue weighted by Gasteiger charge is -2.17. The predicted octanol–water partition coefficient (Wildman–Crippen LogP) is 2.13. The molecule has 10 heteroatoms. The molecule has 0 unspecified atom stereocenters. The van der Waals surface area contributed by atoms with Gasteiger partial charge in [0.1, 0.15) is 16.4 Å². The molecule has 1 aromatic heterocycles. The van der Waals surface area contributed by atoms with Gasteiger partial charge in [-0.1, -0.05) is 22.8 Å². The van der Waals surface area contributed by atoms with Crippen LogP contribution >= 0.6 is 11.6 Å². The van der Waals surface area contributed by atoms with E-state index in [1.807, 2.05) is 0 Å². The standard InChI is InChI=1S/C15H17ClFN3O4S/c1-9-14(10(2)24-19-9)25(22,23)20(3)8-7-18-15(21)13-11(16)5-4-6-12(13)17/h4-6H,7-8H2,1-3H3,(H,18,21). The van der Waals surface area contributed by atoms with Gasteiger partial charge in [0, 0.05) is 20.1 Å². The number of likely N-dealkylation sites (N-methyl/N-ethyl adjacent to an activating group) is 1. The molecule has 2 aromatic rings. The van der Waals surface area contributed by atoms with E-state index in [0.717, 1.165) is 10.4 Å². The zero-order valence-electron chi connectivity index (χ0n) is 13.8. The lowest BCUT2D eigenvalue weighted by Crippen LogP contribution is -2.36. The fraction of sp³-hybridized carbons (Fsp3) is 0.333. The molecule has 1 N–H and O–H groups in total. The maximum atomic E-state index is 13.7. The van der Waals surface area contributed by atoms with Gasteiger partial charge in [0.15, 0.2) is 5.76 Å². The van der Waals surface area contributed by atoms with Crippen LogP contribution in [0.3, 0.4) is 0 Å². The summed E-state index contributed by atoms with van der Waals surface area (Å²) in [5, 5.41) is 6.06. The third-order valence-electron chi connectivity index (χ3n) is 3.54. The summed E-state index contributed by atoms with van der Waals surface area (Å²) >= 11 is 5.82. The zero-order valence-corrected chi connectivity index (χ0v) is 15.4. The average molecular weight is 390 g/mol. The van der Waals surface area contributed by atoms with E-state index in [1.54, 1.807) is 0 Å². The molecule has 1 amide bonds. The Kier molecular flexibility index (Phi) is 5.81. The van der Waals surface area contributed by atoms with E-state index in [0.29, 0.717) is 0 Å². The van der Waals surface area contributed by atoms with Gasteiger partial charge in [0.05, 0.1) is 10.6 Å². The molecule has 0 bridgehead atoms. The van der Waals surface area contributed by atoms with E-state index < -0.39 is 21.7 Å². The normalized spacial score (nSPS) is 11.8. The van der Waals surface area contributed by atoms with Crippen molar-refractivity contribution in [2.45, 2.75) is 18.7 Å². The molecule has 0 saturated carbocycles. The highest BCUT2D eigenvalue weighted by molar-refractivity contribution is 7.89. The molecule has 136 valence electrons. The van der Waals surface area contributed by atoms with Gasteiger partial charge in [-0.25, -0.2) is 12.8 Å². The number of nitrogens with one attached hydrogen (secondary N) is 1. The Bertz CT molecular complexity index is 858. The van der Waals surface area contributed by atoms with E-state index in [2.05, 4.69) is 10.5 Å². The summed E-state index contributed by atoms with van der Waals surface area (Å²) in [4.78, 5) is 12.0. The topological polar surface area (TPSA) is 92.5 Å². The summed E-state index contributed by atoms with van der Waals surface area (Å²) in [7, 11) is -2.45. The molecule has 0 spiro atoms. The summed E-state index contributed by atoms with van der Waals surface area (Å²) in [5.74, 6) is -1.28. The molecular formula is C15H17ClFN3O4S. The number of carbonyl (C=O) groups is 1. The molecule has 0 aliphatic carbocycles. The summed E-state index contributed by atoms with van der Waals surface area (Å²) in [6, 6.07) is 3.90. The van der Waals surface area contributed by atoms with Gasteiger partial charge in [-0.15, -0.1) is 0 Å². The smallest absolute Gasteiger partial charge is 0.255 e. The molecule has 0 radical (unpaired) electrons. The number of sulfonamides is 1. The first-order chi connectivity index (χ1) is 11.7. The first-order valence-corrected chi connectivity index (χ1v) is 9.09. The molecule has 25 heavy (non-hydrogen) atoms. The maximum absolute atomic E-state index is 13.7. The number of aryl methyl sites for hydroxylation is 2. The molecule has 1 aromatic carbocycles. The molecule has 7 nitrogen and oxygen atoms in total. The van der Waals surface area contributed by atoms with Crippen molar-refractivity contribution in [3.8, 4) is 0 Å². The Morgan fingerprint density at radius 3 is 2.64 bits per heavy atom. The quantitative estimate of drug-likeness (QED) is 0.817. The van der Waals surface area contributed by atoms with Crippen LogP contribution in [0.2, 0.25) is 5.02 Å². The van der Waals surface area contributed by atoms with E-state index in [-0.39, 0.29) is 40.0 Å². The lowest BCUT2D eigenvalue weighted by molar-refractivity contribution is 0.0948. The fourth-order valence-electron chi connectivity index (χ4n) is 2.25. The Morgan fingerprint density at radius 1 is 1.40 bits per heavy atom. The predicted molar refractivity (Wildman–Crippen MR) is 89.5 cm³/mol. The summed E-state index contributed by atoms with van der Waals surface area (Å²) in [5.41, 5.74) is -0.0214. The third kappa shape index (κ3) is 4.00. The number of rotatable bonds is 6. The number of hydrogen-bond acceptors (Lipinski definition) is 5. The number of amides is 1. The van der Waals surface area contributed by atoms with Crippen LogP contribution in [0, 0.1) is 19.7 Å². The van der Waals surface area contributed by atoms with E-state index in [4.69, 9.17) is 16.1 Å². The minimum Gasteiger partial charge on any atom is -0.360 e. The van der Waals surface area contributed by atoms with Gasteiger partial charge in [-0.2, -0.15) is 4.31 Å². The van der Waals surface area contributed by atoms with Gasteiger partial charge < -0.3 is 9.84 Å². The molecule has 0 aliphatic rings. The SMILES string of the molecule is Cc1noc(C)c1S(=O)(=O)N(C)CCNC(=O)c1c(F)cccc1Cl. The Hall–Kier alpha value is -1.97. The highest BCUT2D eigenvalue weighted by atomic mass is 35.5. The summed E-state index contributed by atoms with van der Waals surface area (Å²) in [6.07, 6.45) is 0. The Labute approximate surface area is 149 Å². The molecule has 0 saturated heterocycles. The molecule has 2 rings (SSSR count). The number of aromatic nitrogens is 1. The first-order valence-electron chi connectivity index (χ1n) is 7.27. The van der Waals surface area contributed by atoms with Crippen molar-refractivity contribution in [3.63, 3.8) is 0 Å². The van der Waals surface area contributed by atoms with Gasteiger partial charge in [-0.3, -0.25) is 4.79 Å². The van der Waals surface area contributed by atoms with Gasteiger partial charge >= 0.3 is 0 Å². The molecule has 0 aliphatic heterocycles. The minimum atomic E-state index is -3.81. The Morgan fingerprint density at radius 2 is 2.08 bits per heavy atom. The summed E-state index contributed by atoms with van der Waals surface area (Å²) in [6.45, 7) is 2.98. The summed E-state index contributed by atoms with van der Waals surface area (Å²) < 4.78 is 44.7. The highest BCUT2D eigenvalue weighted by Gasteiger charge is 2.28. The van der Waals surface area contributed by atoms with Crippen LogP contribution in [0.4, 0.5) is 4.39 Å². The Balaban J connectivity index is 2.03. The number of hydrogen-bond donors (Lipinski definition) is 1. The second-order valence-corrected chi connectivity index (χ2v) is 7.72. The van der Waals surface area contributed by atoms with Crippen molar-refractivity contribution in [1.82, 2.24) is 14.8 Å². The van der Waals surface area contributed by atoms with E-state index >= 15 is 0 Å². The number of nitrogens with zero attached hydrogens (tertiary/aromatic N) is 2. The van der Waals surface area contributed by atoms with Crippen LogP contribution in [-0.2, 0) is 10.0 Å². The second-order valence-electron chi connectivity index (χ2n) is 5.33. The van der Waals surface area contributed by atoms with Crippen molar-refractivity contribution in [2.24, 2.45) is 0 Å². The molecule has 0 fully saturated rings. The van der Waals surface area contributed by atoms with Crippen molar-refractivity contribution in [1.29, 1.82) is 0 Å². The molecular weight excluding hydrogens is 373 g/mol. The third-order valence-corrected chi connectivity index (χ3v) is 5.96. The zero-order chi connectivity index (χ0) is 18.8. The molecule has 1 heterocycles. The van der Waals surface area contributed by atoms with E-state index in [9.17, 15) is 17.6 Å². The minimum absolute atomic E-state index is 0.00141. The van der Waals surface area contributed by atoms with Crippen LogP contribution in [0.1, 0.15) is 21.8 Å². The van der Waals surface area contributed by atoms with Gasteiger partial charge in [-0.05, 0) is 26.0 Å². The van der Waals surface area contributed by atoms with Crippen LogP contribution in [0.5, 0.6) is 0 Å². The largest absolute Gasteiger partial charge is 0.360 e. The fourth-order valence-corrected chi connectivity index (χ4v) is 3.95. The second kappa shape index (κ2) is 7.51. The van der Waals surface area contributed by atoms with Gasteiger partial charge in [0.2, 0.25) is 10.0 Å². The van der Waals surface area contributed by atoms with Crippen molar-refractivity contribution in [2.75, 3.05) is 20.1 Å². The lowest BCUT2D eigenvalue weighted by atomic mass is 10.2. The van der Waals surface area contributed by atoms with Crippen molar-refractivity contribution >= 4 is 27.5 Å². The number of carbonyl (C=O) groups excluding carboxylic acids is 1. The first kappa shape index (κ1) is 19.4. The van der Waals surface area contributed by atoms with Crippen LogP contribution < -0.4 is 5.32 Å². The van der Waals surface area contributed by atoms with Gasteiger partial charge in [0.25, 0.3) is 5.91 Å². The maximum Gasteiger partial charge on any atom is 0.255 e. The number of halogens is 2. The number of benzene rings is 1. The van der Waals surface area contributed by atoms with Crippen molar-refractivity contribution < 1.29 is 22.1 Å². The average Bonchev–Trinajstić information content (AvgIpc) is 2.86. The monoisotopic (exact) mass is 389 g/mol. The highest BCUT2D eigenvalue weighted by Crippen LogP contribution is 2.22.